The van der Waals surface area contributed by atoms with Crippen molar-refractivity contribution < 1.29 is 33.8 Å². The van der Waals surface area contributed by atoms with E-state index in [0.29, 0.717) is 0 Å². The number of nitrogens with one attached hydrogen (secondary N) is 2. The van der Waals surface area contributed by atoms with E-state index in [0.717, 1.165) is 5.69 Å². The fourth-order valence-corrected chi connectivity index (χ4v) is 4.41. The molecular formula is C11H20N2O7P2S. The van der Waals surface area contributed by atoms with Crippen molar-refractivity contribution in [2.45, 2.75) is 17.0 Å². The number of benzene rings is 1. The highest BCUT2D eigenvalue weighted by atomic mass is 32.2. The summed E-state index contributed by atoms with van der Waals surface area (Å²) in [6.45, 7) is -0.224. The largest absolute Gasteiger partial charge is 0.369 e. The number of aliphatic hydroxyl groups is 1. The summed E-state index contributed by atoms with van der Waals surface area (Å²) in [5.74, 6) is 0. The molecule has 0 unspecified atom stereocenters. The second-order valence-electron chi connectivity index (χ2n) is 4.69. The normalized spacial score (nSPS) is 14.5. The zero-order chi connectivity index (χ0) is 17.7. The van der Waals surface area contributed by atoms with Crippen LogP contribution < -0.4 is 10.6 Å². The second kappa shape index (κ2) is 8.11. The Balaban J connectivity index is 2.68. The summed E-state index contributed by atoms with van der Waals surface area (Å²) in [5, 5.41) is 12.3. The zero-order valence-corrected chi connectivity index (χ0v) is 14.8. The molecule has 0 aromatic heterocycles. The monoisotopic (exact) mass is 386 g/mol. The summed E-state index contributed by atoms with van der Waals surface area (Å²) in [6.07, 6.45) is 0.959. The number of rotatable bonds is 9. The zero-order valence-electron chi connectivity index (χ0n) is 12.2. The lowest BCUT2D eigenvalue weighted by Crippen LogP contribution is -2.38. The van der Waals surface area contributed by atoms with Crippen LogP contribution in [0.5, 0.6) is 0 Å². The smallest absolute Gasteiger partial charge is 0.367 e. The van der Waals surface area contributed by atoms with Gasteiger partial charge in [0, 0.05) is 18.7 Å². The van der Waals surface area contributed by atoms with Gasteiger partial charge >= 0.3 is 15.2 Å². The molecule has 0 saturated heterocycles. The van der Waals surface area contributed by atoms with Crippen LogP contribution in [-0.4, -0.2) is 48.1 Å². The Morgan fingerprint density at radius 1 is 1.13 bits per heavy atom. The third-order valence-electron chi connectivity index (χ3n) is 3.03. The minimum Gasteiger partial charge on any atom is -0.367 e. The molecule has 0 fully saturated rings. The van der Waals surface area contributed by atoms with E-state index in [9.17, 15) is 14.2 Å². The van der Waals surface area contributed by atoms with E-state index in [1.54, 1.807) is 6.26 Å². The van der Waals surface area contributed by atoms with Crippen LogP contribution in [0.2, 0.25) is 0 Å². The van der Waals surface area contributed by atoms with Crippen molar-refractivity contribution in [1.29, 1.82) is 0 Å². The van der Waals surface area contributed by atoms with Crippen LogP contribution in [0.3, 0.4) is 0 Å². The Bertz CT molecular complexity index is 569. The van der Waals surface area contributed by atoms with E-state index in [1.807, 2.05) is 30.3 Å². The number of hydrogen-bond acceptors (Lipinski definition) is 6. The van der Waals surface area contributed by atoms with E-state index in [1.165, 1.54) is 11.8 Å². The Morgan fingerprint density at radius 3 is 2.09 bits per heavy atom. The van der Waals surface area contributed by atoms with Gasteiger partial charge in [0.15, 0.2) is 0 Å². The third-order valence-corrected chi connectivity index (χ3v) is 7.66. The first-order valence-corrected chi connectivity index (χ1v) is 10.9. The van der Waals surface area contributed by atoms with Crippen molar-refractivity contribution in [2.24, 2.45) is 0 Å². The molecule has 23 heavy (non-hydrogen) atoms. The topological polar surface area (TPSA) is 159 Å². The lowest BCUT2D eigenvalue weighted by Gasteiger charge is -2.30. The molecule has 1 aromatic carbocycles. The number of hydrogen-bond donors (Lipinski definition) is 7. The maximum atomic E-state index is 11.2. The summed E-state index contributed by atoms with van der Waals surface area (Å²) in [4.78, 5) is 36.2. The van der Waals surface area contributed by atoms with Crippen LogP contribution in [0, 0.1) is 0 Å². The molecule has 7 N–H and O–H groups in total. The van der Waals surface area contributed by atoms with Crippen LogP contribution in [0.4, 0.5) is 5.69 Å². The maximum absolute atomic E-state index is 11.2. The van der Waals surface area contributed by atoms with Gasteiger partial charge < -0.3 is 30.0 Å². The average Bonchev–Trinajstić information content (AvgIpc) is 2.44. The molecule has 0 radical (unpaired) electrons. The van der Waals surface area contributed by atoms with Gasteiger partial charge in [0.2, 0.25) is 0 Å². The highest BCUT2D eigenvalue weighted by Crippen LogP contribution is 2.68. The van der Waals surface area contributed by atoms with Gasteiger partial charge in [-0.2, -0.15) is 0 Å². The van der Waals surface area contributed by atoms with Crippen LogP contribution in [0.15, 0.2) is 30.3 Å². The Morgan fingerprint density at radius 2 is 1.65 bits per heavy atom. The first-order chi connectivity index (χ1) is 10.5. The van der Waals surface area contributed by atoms with Crippen molar-refractivity contribution in [3.05, 3.63) is 30.3 Å². The lowest BCUT2D eigenvalue weighted by molar-refractivity contribution is 0.123. The van der Waals surface area contributed by atoms with Crippen LogP contribution in [0.1, 0.15) is 6.42 Å². The Hall–Kier alpha value is -0.410. The third kappa shape index (κ3) is 5.56. The first-order valence-electron chi connectivity index (χ1n) is 6.43. The van der Waals surface area contributed by atoms with Gasteiger partial charge in [-0.1, -0.05) is 18.2 Å². The maximum Gasteiger partial charge on any atom is 0.369 e. The molecule has 0 bridgehead atoms. The van der Waals surface area contributed by atoms with E-state index in [4.69, 9.17) is 19.6 Å². The van der Waals surface area contributed by atoms with E-state index in [-0.39, 0.29) is 12.0 Å². The van der Waals surface area contributed by atoms with Crippen molar-refractivity contribution in [1.82, 2.24) is 5.32 Å². The summed E-state index contributed by atoms with van der Waals surface area (Å²) < 4.78 is 22.5. The summed E-state index contributed by atoms with van der Waals surface area (Å²) >= 11 is 1.34. The minimum absolute atomic E-state index is 0.224. The highest BCUT2D eigenvalue weighted by Gasteiger charge is 2.58. The second-order valence-corrected chi connectivity index (χ2v) is 9.64. The van der Waals surface area contributed by atoms with E-state index in [2.05, 4.69) is 10.6 Å². The fraction of sp³-hybridized carbons (Fsp3) is 0.455. The Labute approximate surface area is 137 Å². The molecule has 0 saturated carbocycles. The number of thioether (sulfide) groups is 1. The molecule has 0 amide bonds. The van der Waals surface area contributed by atoms with Gasteiger partial charge in [-0.25, -0.2) is 0 Å². The van der Waals surface area contributed by atoms with Crippen molar-refractivity contribution in [2.75, 3.05) is 18.1 Å². The van der Waals surface area contributed by atoms with E-state index >= 15 is 0 Å². The molecule has 1 aromatic rings. The Kier molecular flexibility index (Phi) is 7.28. The molecule has 9 nitrogen and oxygen atoms in total. The molecule has 132 valence electrons. The number of anilines is 1. The van der Waals surface area contributed by atoms with Crippen molar-refractivity contribution >= 4 is 32.6 Å². The predicted molar refractivity (Wildman–Crippen MR) is 89.0 cm³/mol. The van der Waals surface area contributed by atoms with Gasteiger partial charge in [-0.15, -0.1) is 11.8 Å². The fourth-order valence-electron chi connectivity index (χ4n) is 1.71. The van der Waals surface area contributed by atoms with Crippen LogP contribution in [-0.2, 0) is 9.13 Å². The molecule has 0 aliphatic rings. The molecule has 0 heterocycles. The molecule has 12 heteroatoms. The van der Waals surface area contributed by atoms with Crippen LogP contribution in [0.25, 0.3) is 0 Å². The minimum atomic E-state index is -5.42. The van der Waals surface area contributed by atoms with Gasteiger partial charge in [0.05, 0.1) is 0 Å². The highest BCUT2D eigenvalue weighted by molar-refractivity contribution is 7.99. The summed E-state index contributed by atoms with van der Waals surface area (Å²) in [7, 11) is -10.8. The molecule has 0 aliphatic carbocycles. The first kappa shape index (κ1) is 20.6. The van der Waals surface area contributed by atoms with Crippen molar-refractivity contribution in [3.8, 4) is 0 Å². The lowest BCUT2D eigenvalue weighted by atomic mass is 10.3. The van der Waals surface area contributed by atoms with Gasteiger partial charge in [-0.3, -0.25) is 14.4 Å². The van der Waals surface area contributed by atoms with Crippen LogP contribution >= 0.6 is 27.0 Å². The predicted octanol–water partition coefficient (Wildman–Crippen LogP) is 0.726. The molecule has 0 spiro atoms. The van der Waals surface area contributed by atoms with Gasteiger partial charge in [-0.05, 0) is 18.4 Å². The van der Waals surface area contributed by atoms with Gasteiger partial charge in [0.25, 0.3) is 5.08 Å². The average molecular weight is 386 g/mol. The van der Waals surface area contributed by atoms with E-state index < -0.39 is 26.7 Å². The quantitative estimate of drug-likeness (QED) is 0.238. The van der Waals surface area contributed by atoms with Gasteiger partial charge in [0.1, 0.15) is 5.50 Å². The number of para-hydroxylation sites is 1. The molecule has 1 atom stereocenters. The summed E-state index contributed by atoms with van der Waals surface area (Å²) in [6, 6.07) is 9.10. The SMILES string of the molecule is CS[C@H](NCCC(O)(P(=O)(O)O)P(=O)(O)O)Nc1ccccc1. The summed E-state index contributed by atoms with van der Waals surface area (Å²) in [5.41, 5.74) is 0.412. The molecular weight excluding hydrogens is 366 g/mol. The standard InChI is InChI=1S/C11H20N2O7P2S/c1-23-10(13-9-5-3-2-4-6-9)12-8-7-11(14,21(15,16)17)22(18,19)20/h2-6,10,12-14H,7-8H2,1H3,(H2,15,16,17)(H2,18,19,20)/t10-/m1/s1. The molecule has 0 aliphatic heterocycles. The van der Waals surface area contributed by atoms with Crippen molar-refractivity contribution in [3.63, 3.8) is 0 Å². The molecule has 1 rings (SSSR count).